The third kappa shape index (κ3) is 3.68. The Kier molecular flexibility index (Phi) is 5.90. The van der Waals surface area contributed by atoms with Gasteiger partial charge in [-0.3, -0.25) is 10.6 Å². The van der Waals surface area contributed by atoms with Gasteiger partial charge in [-0.05, 0) is 13.8 Å². The molecule has 2 atom stereocenters. The van der Waals surface area contributed by atoms with Gasteiger partial charge in [0.25, 0.3) is 0 Å². The van der Waals surface area contributed by atoms with Gasteiger partial charge in [0.15, 0.2) is 0 Å². The van der Waals surface area contributed by atoms with Crippen molar-refractivity contribution in [3.8, 4) is 0 Å². The molecule has 0 spiro atoms. The van der Waals surface area contributed by atoms with Crippen LogP contribution in [0.2, 0.25) is 0 Å². The van der Waals surface area contributed by atoms with Gasteiger partial charge in [-0.25, -0.2) is 9.59 Å². The lowest BCUT2D eigenvalue weighted by atomic mass is 9.98. The molecule has 2 fully saturated rings. The van der Waals surface area contributed by atoms with Crippen LogP contribution in [-0.2, 0) is 28.8 Å². The van der Waals surface area contributed by atoms with Gasteiger partial charge in [-0.2, -0.15) is 9.78 Å². The largest absolute Gasteiger partial charge is 0.460 e. The summed E-state index contributed by atoms with van der Waals surface area (Å²) >= 11 is 0. The number of esters is 2. The number of hydrogen-bond acceptors (Lipinski definition) is 12. The summed E-state index contributed by atoms with van der Waals surface area (Å²) in [6, 6.07) is 0. The predicted molar refractivity (Wildman–Crippen MR) is 81.0 cm³/mol. The minimum absolute atomic E-state index is 0.298. The molecule has 0 aromatic carbocycles. The molecule has 2 heterocycles. The lowest BCUT2D eigenvalue weighted by molar-refractivity contribution is -0.418. The minimum Gasteiger partial charge on any atom is -0.460 e. The van der Waals surface area contributed by atoms with Crippen molar-refractivity contribution in [1.29, 1.82) is 0 Å². The number of rotatable bonds is 7. The molecule has 0 radical (unpaired) electrons. The number of hydrogen-bond donors (Lipinski definition) is 6. The molecular formula is C14H24N2O10. The van der Waals surface area contributed by atoms with Crippen LogP contribution in [-0.4, -0.2) is 94.5 Å². The second-order valence-corrected chi connectivity index (χ2v) is 6.83. The molecule has 6 N–H and O–H groups in total. The Morgan fingerprint density at radius 2 is 1.12 bits per heavy atom. The molecule has 26 heavy (non-hydrogen) atoms. The molecule has 2 aliphatic rings. The van der Waals surface area contributed by atoms with Crippen LogP contribution in [0.3, 0.4) is 0 Å². The van der Waals surface area contributed by atoms with Crippen LogP contribution in [0.15, 0.2) is 0 Å². The maximum Gasteiger partial charge on any atom is 0.356 e. The number of carbonyl (C=O) groups excluding carboxylic acids is 2. The van der Waals surface area contributed by atoms with Gasteiger partial charge in [0, 0.05) is 0 Å². The van der Waals surface area contributed by atoms with Crippen LogP contribution in [0.25, 0.3) is 0 Å². The van der Waals surface area contributed by atoms with Crippen molar-refractivity contribution in [3.05, 3.63) is 0 Å². The van der Waals surface area contributed by atoms with Crippen LogP contribution in [0.1, 0.15) is 13.8 Å². The molecule has 12 heteroatoms. The van der Waals surface area contributed by atoms with Gasteiger partial charge < -0.3 is 29.9 Å². The Hall–Kier alpha value is -1.38. The lowest BCUT2D eigenvalue weighted by Gasteiger charge is -2.46. The predicted octanol–water partition coefficient (Wildman–Crippen LogP) is -3.89. The highest BCUT2D eigenvalue weighted by atomic mass is 17.2. The van der Waals surface area contributed by atoms with Crippen LogP contribution < -0.4 is 10.6 Å². The number of cyclic esters (lactones) is 2. The van der Waals surface area contributed by atoms with Gasteiger partial charge in [0.05, 0.1) is 26.4 Å². The highest BCUT2D eigenvalue weighted by Crippen LogP contribution is 2.27. The van der Waals surface area contributed by atoms with E-state index in [9.17, 15) is 30.0 Å². The first-order valence-corrected chi connectivity index (χ1v) is 7.85. The second kappa shape index (κ2) is 7.32. The topological polar surface area (TPSA) is 176 Å². The zero-order valence-electron chi connectivity index (χ0n) is 14.5. The molecule has 2 aliphatic heterocycles. The van der Waals surface area contributed by atoms with Crippen molar-refractivity contribution in [2.45, 2.75) is 36.4 Å². The molecule has 2 saturated heterocycles. The van der Waals surface area contributed by atoms with E-state index in [-0.39, 0.29) is 13.2 Å². The van der Waals surface area contributed by atoms with Crippen molar-refractivity contribution in [2.75, 3.05) is 39.6 Å². The van der Waals surface area contributed by atoms with Gasteiger partial charge in [0.2, 0.25) is 11.4 Å². The van der Waals surface area contributed by atoms with Crippen molar-refractivity contribution in [3.63, 3.8) is 0 Å². The molecule has 12 nitrogen and oxygen atoms in total. The van der Waals surface area contributed by atoms with E-state index in [1.165, 1.54) is 13.8 Å². The van der Waals surface area contributed by atoms with E-state index in [1.807, 2.05) is 0 Å². The van der Waals surface area contributed by atoms with E-state index >= 15 is 0 Å². The number of ether oxygens (including phenoxy) is 2. The van der Waals surface area contributed by atoms with Gasteiger partial charge in [-0.1, -0.05) is 0 Å². The fourth-order valence-corrected chi connectivity index (χ4v) is 2.59. The quantitative estimate of drug-likeness (QED) is 0.144. The number of aliphatic hydroxyl groups is 4. The summed E-state index contributed by atoms with van der Waals surface area (Å²) < 4.78 is 9.86. The smallest absolute Gasteiger partial charge is 0.356 e. The standard InChI is InChI=1S/C14H24N2O10/c1-11(9(21)23-7-13(3-17,4-18)15-11)25-26-12(2)10(22)24-8-14(5-19,6-20)16-12/h15-20H,3-8H2,1-2H3. The van der Waals surface area contributed by atoms with E-state index < -0.39 is 60.9 Å². The Bertz CT molecular complexity index is 502. The van der Waals surface area contributed by atoms with Crippen molar-refractivity contribution in [2.24, 2.45) is 0 Å². The van der Waals surface area contributed by atoms with E-state index in [1.54, 1.807) is 0 Å². The molecule has 0 aliphatic carbocycles. The van der Waals surface area contributed by atoms with Gasteiger partial charge in [0.1, 0.15) is 24.3 Å². The Balaban J connectivity index is 2.16. The maximum atomic E-state index is 12.1. The Morgan fingerprint density at radius 3 is 1.38 bits per heavy atom. The Labute approximate surface area is 148 Å². The monoisotopic (exact) mass is 380 g/mol. The fourth-order valence-electron chi connectivity index (χ4n) is 2.59. The molecule has 0 saturated carbocycles. The fraction of sp³-hybridized carbons (Fsp3) is 0.857. The van der Waals surface area contributed by atoms with E-state index in [0.717, 1.165) is 0 Å². The Morgan fingerprint density at radius 1 is 0.808 bits per heavy atom. The summed E-state index contributed by atoms with van der Waals surface area (Å²) in [5.74, 6) is -1.81. The highest BCUT2D eigenvalue weighted by molar-refractivity contribution is 5.80. The zero-order chi connectivity index (χ0) is 19.6. The summed E-state index contributed by atoms with van der Waals surface area (Å²) in [4.78, 5) is 34.3. The highest BCUT2D eigenvalue weighted by Gasteiger charge is 2.55. The summed E-state index contributed by atoms with van der Waals surface area (Å²) in [7, 11) is 0. The first kappa shape index (κ1) is 20.9. The number of aliphatic hydroxyl groups excluding tert-OH is 4. The zero-order valence-corrected chi connectivity index (χ0v) is 14.5. The summed E-state index contributed by atoms with van der Waals surface area (Å²) in [6.07, 6.45) is 0. The third-order valence-corrected chi connectivity index (χ3v) is 4.33. The number of morpholine rings is 2. The van der Waals surface area contributed by atoms with E-state index in [4.69, 9.17) is 19.2 Å². The maximum absolute atomic E-state index is 12.1. The molecule has 0 bridgehead atoms. The SMILES string of the molecule is CC1(OOC2(C)NC(CO)(CO)COC2=O)NC(CO)(CO)COC1=O. The lowest BCUT2D eigenvalue weighted by Crippen LogP contribution is -2.74. The number of carbonyl (C=O) groups is 2. The molecule has 2 rings (SSSR count). The van der Waals surface area contributed by atoms with Crippen molar-refractivity contribution < 1.29 is 49.3 Å². The third-order valence-electron chi connectivity index (χ3n) is 4.33. The number of nitrogens with one attached hydrogen (secondary N) is 2. The van der Waals surface area contributed by atoms with Crippen LogP contribution in [0.4, 0.5) is 0 Å². The second-order valence-electron chi connectivity index (χ2n) is 6.83. The summed E-state index contributed by atoms with van der Waals surface area (Å²) in [6.45, 7) is -0.413. The first-order chi connectivity index (χ1) is 12.1. The molecular weight excluding hydrogens is 356 g/mol. The molecule has 150 valence electrons. The van der Waals surface area contributed by atoms with Crippen LogP contribution in [0.5, 0.6) is 0 Å². The van der Waals surface area contributed by atoms with E-state index in [2.05, 4.69) is 10.6 Å². The molecule has 2 unspecified atom stereocenters. The average molecular weight is 380 g/mol. The normalized spacial score (nSPS) is 33.5. The van der Waals surface area contributed by atoms with Gasteiger partial charge in [-0.15, -0.1) is 0 Å². The summed E-state index contributed by atoms with van der Waals surface area (Å²) in [5, 5.41) is 43.0. The van der Waals surface area contributed by atoms with Crippen molar-refractivity contribution in [1.82, 2.24) is 10.6 Å². The summed E-state index contributed by atoms with van der Waals surface area (Å²) in [5.41, 5.74) is -6.67. The van der Waals surface area contributed by atoms with E-state index in [0.29, 0.717) is 0 Å². The van der Waals surface area contributed by atoms with Crippen LogP contribution in [0, 0.1) is 0 Å². The van der Waals surface area contributed by atoms with Crippen molar-refractivity contribution >= 4 is 11.9 Å². The van der Waals surface area contributed by atoms with Gasteiger partial charge >= 0.3 is 11.9 Å². The molecule has 0 amide bonds. The molecule has 0 aromatic heterocycles. The van der Waals surface area contributed by atoms with Crippen LogP contribution >= 0.6 is 0 Å². The first-order valence-electron chi connectivity index (χ1n) is 7.85. The average Bonchev–Trinajstić information content (AvgIpc) is 2.65. The minimum atomic E-state index is -1.97. The molecule has 0 aromatic rings.